The highest BCUT2D eigenvalue weighted by Crippen LogP contribution is 2.32. The Morgan fingerprint density at radius 3 is 2.67 bits per heavy atom. The highest BCUT2D eigenvalue weighted by atomic mass is 35.5. The normalized spacial score (nSPS) is 9.83. The molecule has 1 aromatic carbocycles. The molecule has 0 aliphatic rings. The first kappa shape index (κ1) is 12.5. The number of nitrogen functional groups attached to an aromatic ring is 1. The molecule has 0 saturated carbocycles. The van der Waals surface area contributed by atoms with Crippen molar-refractivity contribution in [2.24, 2.45) is 0 Å². The molecule has 0 unspecified atom stereocenters. The number of halogens is 2. The number of nitriles is 1. The molecular formula is C12H7Cl2N3O. The fourth-order valence-electron chi connectivity index (χ4n) is 1.28. The minimum absolute atomic E-state index is 0.193. The minimum atomic E-state index is 0.193. The van der Waals surface area contributed by atoms with Gasteiger partial charge < -0.3 is 10.5 Å². The zero-order valence-corrected chi connectivity index (χ0v) is 10.5. The maximum atomic E-state index is 8.70. The van der Waals surface area contributed by atoms with Crippen LogP contribution >= 0.6 is 23.2 Å². The minimum Gasteiger partial charge on any atom is -0.435 e. The number of nitrogens with two attached hydrogens (primary N) is 1. The van der Waals surface area contributed by atoms with E-state index in [1.165, 1.54) is 12.3 Å². The van der Waals surface area contributed by atoms with Gasteiger partial charge >= 0.3 is 0 Å². The second-order valence-electron chi connectivity index (χ2n) is 3.41. The van der Waals surface area contributed by atoms with Gasteiger partial charge in [0.1, 0.15) is 11.8 Å². The first-order chi connectivity index (χ1) is 8.60. The fourth-order valence-corrected chi connectivity index (χ4v) is 1.72. The lowest BCUT2D eigenvalue weighted by Crippen LogP contribution is -1.96. The van der Waals surface area contributed by atoms with Crippen LogP contribution in [0.1, 0.15) is 5.56 Å². The molecule has 1 aromatic heterocycles. The Morgan fingerprint density at radius 2 is 2.06 bits per heavy atom. The van der Waals surface area contributed by atoms with Crippen LogP contribution in [0.3, 0.4) is 0 Å². The molecule has 2 aromatic rings. The van der Waals surface area contributed by atoms with Gasteiger partial charge in [-0.05, 0) is 24.3 Å². The molecular weight excluding hydrogens is 273 g/mol. The first-order valence-corrected chi connectivity index (χ1v) is 5.64. The Labute approximate surface area is 114 Å². The van der Waals surface area contributed by atoms with Crippen LogP contribution in [-0.4, -0.2) is 4.98 Å². The Bertz CT molecular complexity index is 638. The molecule has 0 aliphatic heterocycles. The molecule has 18 heavy (non-hydrogen) atoms. The molecule has 0 radical (unpaired) electrons. The van der Waals surface area contributed by atoms with E-state index in [-0.39, 0.29) is 11.6 Å². The zero-order chi connectivity index (χ0) is 13.1. The van der Waals surface area contributed by atoms with Crippen molar-refractivity contribution in [2.45, 2.75) is 0 Å². The van der Waals surface area contributed by atoms with E-state index < -0.39 is 0 Å². The number of rotatable bonds is 2. The average Bonchev–Trinajstić information content (AvgIpc) is 2.34. The summed E-state index contributed by atoms with van der Waals surface area (Å²) >= 11 is 11.7. The molecule has 2 N–H and O–H groups in total. The number of nitrogens with zero attached hydrogens (tertiary/aromatic N) is 2. The quantitative estimate of drug-likeness (QED) is 0.911. The van der Waals surface area contributed by atoms with E-state index in [2.05, 4.69) is 4.98 Å². The van der Waals surface area contributed by atoms with Crippen LogP contribution in [0.15, 0.2) is 30.5 Å². The van der Waals surface area contributed by atoms with Crippen molar-refractivity contribution in [1.82, 2.24) is 4.98 Å². The second-order valence-corrected chi connectivity index (χ2v) is 4.25. The van der Waals surface area contributed by atoms with Crippen LogP contribution < -0.4 is 10.5 Å². The van der Waals surface area contributed by atoms with Crippen LogP contribution in [0.25, 0.3) is 0 Å². The van der Waals surface area contributed by atoms with Gasteiger partial charge in [0.05, 0.1) is 16.3 Å². The largest absolute Gasteiger partial charge is 0.435 e. The van der Waals surface area contributed by atoms with Gasteiger partial charge in [-0.15, -0.1) is 0 Å². The zero-order valence-electron chi connectivity index (χ0n) is 9.02. The smallest absolute Gasteiger partial charge is 0.242 e. The number of benzene rings is 1. The summed E-state index contributed by atoms with van der Waals surface area (Å²) in [5.41, 5.74) is 6.34. The van der Waals surface area contributed by atoms with E-state index in [0.717, 1.165) is 0 Å². The Hall–Kier alpha value is -1.96. The highest BCUT2D eigenvalue weighted by molar-refractivity contribution is 6.35. The Kier molecular flexibility index (Phi) is 3.56. The molecule has 1 heterocycles. The van der Waals surface area contributed by atoms with E-state index in [0.29, 0.717) is 21.4 Å². The standard InChI is InChI=1S/C12H7Cl2N3O/c13-8-1-2-11(9(14)4-8)18-12-10(16)3-7(5-15)6-17-12/h1-4,6H,16H2. The van der Waals surface area contributed by atoms with Crippen molar-refractivity contribution >= 4 is 28.9 Å². The molecule has 0 bridgehead atoms. The summed E-state index contributed by atoms with van der Waals surface area (Å²) in [5.74, 6) is 0.586. The van der Waals surface area contributed by atoms with Gasteiger partial charge in [0.2, 0.25) is 5.88 Å². The van der Waals surface area contributed by atoms with Gasteiger partial charge in [0.15, 0.2) is 0 Å². The van der Waals surface area contributed by atoms with E-state index in [1.807, 2.05) is 6.07 Å². The lowest BCUT2D eigenvalue weighted by molar-refractivity contribution is 0.466. The first-order valence-electron chi connectivity index (χ1n) is 4.88. The Morgan fingerprint density at radius 1 is 1.28 bits per heavy atom. The average molecular weight is 280 g/mol. The lowest BCUT2D eigenvalue weighted by atomic mass is 10.3. The van der Waals surface area contributed by atoms with Crippen LogP contribution in [0.4, 0.5) is 5.69 Å². The van der Waals surface area contributed by atoms with Gasteiger partial charge in [-0.3, -0.25) is 0 Å². The van der Waals surface area contributed by atoms with Crippen molar-refractivity contribution < 1.29 is 4.74 Å². The van der Waals surface area contributed by atoms with Crippen LogP contribution in [0.2, 0.25) is 10.0 Å². The third-order valence-corrected chi connectivity index (χ3v) is 2.64. The van der Waals surface area contributed by atoms with Crippen molar-refractivity contribution in [3.8, 4) is 17.7 Å². The Balaban J connectivity index is 2.32. The number of ether oxygens (including phenoxy) is 1. The number of aromatic nitrogens is 1. The molecule has 0 atom stereocenters. The van der Waals surface area contributed by atoms with Gasteiger partial charge in [-0.1, -0.05) is 23.2 Å². The predicted molar refractivity (Wildman–Crippen MR) is 69.9 cm³/mol. The summed E-state index contributed by atoms with van der Waals surface area (Å²) in [5, 5.41) is 9.56. The van der Waals surface area contributed by atoms with E-state index in [9.17, 15) is 0 Å². The predicted octanol–water partition coefficient (Wildman–Crippen LogP) is 3.63. The van der Waals surface area contributed by atoms with E-state index >= 15 is 0 Å². The van der Waals surface area contributed by atoms with Gasteiger partial charge in [-0.25, -0.2) is 4.98 Å². The number of hydrogen-bond donors (Lipinski definition) is 1. The molecule has 6 heteroatoms. The molecule has 0 amide bonds. The van der Waals surface area contributed by atoms with Gasteiger partial charge in [0, 0.05) is 11.2 Å². The second kappa shape index (κ2) is 5.13. The summed E-state index contributed by atoms with van der Waals surface area (Å²) in [6.45, 7) is 0. The van der Waals surface area contributed by atoms with Crippen molar-refractivity contribution in [1.29, 1.82) is 5.26 Å². The third-order valence-electron chi connectivity index (χ3n) is 2.11. The summed E-state index contributed by atoms with van der Waals surface area (Å²) in [4.78, 5) is 3.95. The van der Waals surface area contributed by atoms with Crippen LogP contribution in [-0.2, 0) is 0 Å². The van der Waals surface area contributed by atoms with E-state index in [1.54, 1.807) is 18.2 Å². The topological polar surface area (TPSA) is 71.9 Å². The van der Waals surface area contributed by atoms with E-state index in [4.69, 9.17) is 38.9 Å². The number of hydrogen-bond acceptors (Lipinski definition) is 4. The molecule has 4 nitrogen and oxygen atoms in total. The SMILES string of the molecule is N#Cc1cnc(Oc2ccc(Cl)cc2Cl)c(N)c1. The molecule has 0 fully saturated rings. The van der Waals surface area contributed by atoms with Crippen LogP contribution in [0, 0.1) is 11.3 Å². The monoisotopic (exact) mass is 279 g/mol. The molecule has 0 spiro atoms. The summed E-state index contributed by atoms with van der Waals surface area (Å²) in [7, 11) is 0. The fraction of sp³-hybridized carbons (Fsp3) is 0. The molecule has 2 rings (SSSR count). The van der Waals surface area contributed by atoms with Gasteiger partial charge in [0.25, 0.3) is 0 Å². The van der Waals surface area contributed by atoms with Crippen molar-refractivity contribution in [3.05, 3.63) is 46.1 Å². The summed E-state index contributed by atoms with van der Waals surface area (Å²) in [6.07, 6.45) is 1.37. The summed E-state index contributed by atoms with van der Waals surface area (Å²) in [6, 6.07) is 8.22. The van der Waals surface area contributed by atoms with Crippen LogP contribution in [0.5, 0.6) is 11.6 Å². The number of anilines is 1. The number of pyridine rings is 1. The van der Waals surface area contributed by atoms with Gasteiger partial charge in [-0.2, -0.15) is 5.26 Å². The maximum Gasteiger partial charge on any atom is 0.242 e. The summed E-state index contributed by atoms with van der Waals surface area (Å²) < 4.78 is 5.46. The molecule has 90 valence electrons. The van der Waals surface area contributed by atoms with Crippen molar-refractivity contribution in [2.75, 3.05) is 5.73 Å². The molecule has 0 aliphatic carbocycles. The third kappa shape index (κ3) is 2.65. The maximum absolute atomic E-state index is 8.70. The molecule has 0 saturated heterocycles. The lowest BCUT2D eigenvalue weighted by Gasteiger charge is -2.08. The van der Waals surface area contributed by atoms with Crippen molar-refractivity contribution in [3.63, 3.8) is 0 Å². The highest BCUT2D eigenvalue weighted by Gasteiger charge is 2.08.